The molecule has 0 bridgehead atoms. The predicted octanol–water partition coefficient (Wildman–Crippen LogP) is 3.68. The lowest BCUT2D eigenvalue weighted by atomic mass is 9.99. The van der Waals surface area contributed by atoms with Crippen LogP contribution in [-0.4, -0.2) is 24.5 Å². The molecule has 28 heavy (non-hydrogen) atoms. The molecule has 0 spiro atoms. The van der Waals surface area contributed by atoms with Crippen LogP contribution in [0.25, 0.3) is 0 Å². The van der Waals surface area contributed by atoms with E-state index >= 15 is 0 Å². The van der Waals surface area contributed by atoms with Gasteiger partial charge in [0.2, 0.25) is 0 Å². The molecule has 0 unspecified atom stereocenters. The third kappa shape index (κ3) is 5.21. The molecule has 3 amide bonds. The first-order valence-corrected chi connectivity index (χ1v) is 8.94. The van der Waals surface area contributed by atoms with Crippen LogP contribution in [-0.2, 0) is 13.0 Å². The van der Waals surface area contributed by atoms with E-state index in [1.54, 1.807) is 30.3 Å². The summed E-state index contributed by atoms with van der Waals surface area (Å²) in [4.78, 5) is 24.1. The molecule has 0 radical (unpaired) electrons. The van der Waals surface area contributed by atoms with Crippen molar-refractivity contribution in [3.05, 3.63) is 58.9 Å². The minimum atomic E-state index is -0.402. The molecule has 8 heteroatoms. The molecular weight excluding hydrogens is 383 g/mol. The lowest BCUT2D eigenvalue weighted by Crippen LogP contribution is -2.34. The third-order valence-electron chi connectivity index (χ3n) is 4.28. The number of halogens is 2. The number of nitrogens with one attached hydrogen (secondary N) is 4. The molecule has 0 aliphatic carbocycles. The first kappa shape index (κ1) is 21.7. The summed E-state index contributed by atoms with van der Waals surface area (Å²) in [5.74, 6) is -0.771. The maximum absolute atomic E-state index is 14.6. The average molecular weight is 407 g/mol. The number of carbonyl (C=O) groups is 2. The molecule has 6 nitrogen and oxygen atoms in total. The third-order valence-corrected chi connectivity index (χ3v) is 4.28. The van der Waals surface area contributed by atoms with Crippen molar-refractivity contribution in [1.29, 1.82) is 0 Å². The number of amides is 3. The second-order valence-corrected chi connectivity index (χ2v) is 6.78. The van der Waals surface area contributed by atoms with Crippen molar-refractivity contribution in [2.75, 3.05) is 17.2 Å². The normalized spacial score (nSPS) is 12.6. The number of carbonyl (C=O) groups excluding carboxylic acids is 2. The van der Waals surface area contributed by atoms with Gasteiger partial charge in [-0.1, -0.05) is 6.07 Å². The minimum Gasteiger partial charge on any atom is -0.336 e. The smallest absolute Gasteiger partial charge is 0.319 e. The summed E-state index contributed by atoms with van der Waals surface area (Å²) < 4.78 is 14.6. The topological polar surface area (TPSA) is 82.3 Å². The Hall–Kier alpha value is -2.64. The van der Waals surface area contributed by atoms with Crippen LogP contribution in [0.1, 0.15) is 35.3 Å². The summed E-state index contributed by atoms with van der Waals surface area (Å²) in [6.07, 6.45) is 0.601. The van der Waals surface area contributed by atoms with Crippen LogP contribution in [0, 0.1) is 5.82 Å². The number of benzene rings is 2. The van der Waals surface area contributed by atoms with E-state index in [-0.39, 0.29) is 36.0 Å². The van der Waals surface area contributed by atoms with Crippen molar-refractivity contribution in [2.45, 2.75) is 32.9 Å². The van der Waals surface area contributed by atoms with Gasteiger partial charge in [0.15, 0.2) is 0 Å². The number of urea groups is 1. The molecule has 1 aliphatic rings. The molecule has 0 saturated heterocycles. The van der Waals surface area contributed by atoms with E-state index in [0.717, 1.165) is 12.1 Å². The summed E-state index contributed by atoms with van der Waals surface area (Å²) in [7, 11) is 0. The number of hydrogen-bond donors (Lipinski definition) is 4. The molecule has 0 fully saturated rings. The van der Waals surface area contributed by atoms with Crippen molar-refractivity contribution in [3.8, 4) is 0 Å². The highest BCUT2D eigenvalue weighted by Crippen LogP contribution is 2.25. The largest absolute Gasteiger partial charge is 0.336 e. The van der Waals surface area contributed by atoms with Gasteiger partial charge in [-0.2, -0.15) is 0 Å². The van der Waals surface area contributed by atoms with Crippen LogP contribution in [0.15, 0.2) is 36.4 Å². The van der Waals surface area contributed by atoms with Crippen molar-refractivity contribution in [3.63, 3.8) is 0 Å². The monoisotopic (exact) mass is 406 g/mol. The Kier molecular flexibility index (Phi) is 7.37. The van der Waals surface area contributed by atoms with Crippen LogP contribution >= 0.6 is 12.4 Å². The SMILES string of the molecule is CC(C)NC(=O)Nc1ccc(C(=O)Nc2ccc3c(c2F)CCNC3)cc1.Cl. The van der Waals surface area contributed by atoms with Crippen molar-refractivity contribution >= 4 is 35.7 Å². The highest BCUT2D eigenvalue weighted by atomic mass is 35.5. The predicted molar refractivity (Wildman–Crippen MR) is 111 cm³/mol. The Balaban J connectivity index is 0.00000280. The van der Waals surface area contributed by atoms with E-state index in [1.165, 1.54) is 0 Å². The Morgan fingerprint density at radius 3 is 2.46 bits per heavy atom. The second kappa shape index (κ2) is 9.52. The van der Waals surface area contributed by atoms with Gasteiger partial charge in [-0.15, -0.1) is 12.4 Å². The summed E-state index contributed by atoms with van der Waals surface area (Å²) in [6.45, 7) is 5.09. The Morgan fingerprint density at radius 1 is 1.07 bits per heavy atom. The molecule has 0 saturated carbocycles. The number of hydrogen-bond acceptors (Lipinski definition) is 3. The van der Waals surface area contributed by atoms with Gasteiger partial charge < -0.3 is 21.3 Å². The second-order valence-electron chi connectivity index (χ2n) is 6.78. The summed E-state index contributed by atoms with van der Waals surface area (Å²) in [6, 6.07) is 9.56. The van der Waals surface area contributed by atoms with Crippen molar-refractivity contribution in [2.24, 2.45) is 0 Å². The van der Waals surface area contributed by atoms with Crippen molar-refractivity contribution < 1.29 is 14.0 Å². The Labute approximate surface area is 169 Å². The molecule has 2 aromatic carbocycles. The quantitative estimate of drug-likeness (QED) is 0.625. The van der Waals surface area contributed by atoms with Gasteiger partial charge in [0, 0.05) is 23.8 Å². The van der Waals surface area contributed by atoms with Gasteiger partial charge in [0.25, 0.3) is 5.91 Å². The van der Waals surface area contributed by atoms with Gasteiger partial charge in [-0.3, -0.25) is 4.79 Å². The average Bonchev–Trinajstić information content (AvgIpc) is 2.64. The van der Waals surface area contributed by atoms with Gasteiger partial charge in [-0.25, -0.2) is 9.18 Å². The number of anilines is 2. The summed E-state index contributed by atoms with van der Waals surface area (Å²) in [5, 5.41) is 11.2. The zero-order valence-corrected chi connectivity index (χ0v) is 16.6. The van der Waals surface area contributed by atoms with Crippen LogP contribution in [0.2, 0.25) is 0 Å². The highest BCUT2D eigenvalue weighted by Gasteiger charge is 2.18. The molecule has 1 aliphatic heterocycles. The molecule has 0 aromatic heterocycles. The molecule has 2 aromatic rings. The van der Waals surface area contributed by atoms with Gasteiger partial charge >= 0.3 is 6.03 Å². The zero-order chi connectivity index (χ0) is 19.4. The summed E-state index contributed by atoms with van der Waals surface area (Å²) in [5.41, 5.74) is 2.70. The van der Waals surface area contributed by atoms with Crippen molar-refractivity contribution in [1.82, 2.24) is 10.6 Å². The maximum Gasteiger partial charge on any atom is 0.319 e. The summed E-state index contributed by atoms with van der Waals surface area (Å²) >= 11 is 0. The zero-order valence-electron chi connectivity index (χ0n) is 15.8. The number of fused-ring (bicyclic) bond motifs is 1. The first-order valence-electron chi connectivity index (χ1n) is 8.94. The van der Waals surface area contributed by atoms with E-state index in [2.05, 4.69) is 21.3 Å². The van der Waals surface area contributed by atoms with E-state index in [1.807, 2.05) is 19.9 Å². The van der Waals surface area contributed by atoms with Crippen LogP contribution < -0.4 is 21.3 Å². The lowest BCUT2D eigenvalue weighted by molar-refractivity contribution is 0.102. The number of rotatable bonds is 4. The molecule has 1 heterocycles. The van der Waals surface area contributed by atoms with E-state index < -0.39 is 5.91 Å². The van der Waals surface area contributed by atoms with Gasteiger partial charge in [0.1, 0.15) is 5.82 Å². The lowest BCUT2D eigenvalue weighted by Gasteiger charge is -2.19. The van der Waals surface area contributed by atoms with E-state index in [9.17, 15) is 14.0 Å². The molecule has 4 N–H and O–H groups in total. The molecular formula is C20H24ClFN4O2. The molecule has 3 rings (SSSR count). The van der Waals surface area contributed by atoms with Gasteiger partial charge in [-0.05, 0) is 68.3 Å². The fourth-order valence-electron chi connectivity index (χ4n) is 2.96. The fourth-order valence-corrected chi connectivity index (χ4v) is 2.96. The first-order chi connectivity index (χ1) is 12.9. The maximum atomic E-state index is 14.6. The molecule has 0 atom stereocenters. The van der Waals surface area contributed by atoms with Crippen LogP contribution in [0.3, 0.4) is 0 Å². The van der Waals surface area contributed by atoms with Crippen LogP contribution in [0.5, 0.6) is 0 Å². The van der Waals surface area contributed by atoms with Gasteiger partial charge in [0.05, 0.1) is 5.69 Å². The highest BCUT2D eigenvalue weighted by molar-refractivity contribution is 6.04. The standard InChI is InChI=1S/C20H23FN4O2.ClH/c1-12(2)23-20(27)24-15-6-3-13(4-7-15)19(26)25-17-8-5-14-11-22-10-9-16(14)18(17)21;/h3-8,12,22H,9-11H2,1-2H3,(H,25,26)(H2,23,24,27);1H. The minimum absolute atomic E-state index is 0. The van der Waals surface area contributed by atoms with E-state index in [4.69, 9.17) is 0 Å². The molecule has 150 valence electrons. The van der Waals surface area contributed by atoms with Crippen LogP contribution in [0.4, 0.5) is 20.6 Å². The Bertz CT molecular complexity index is 856. The Morgan fingerprint density at radius 2 is 1.79 bits per heavy atom. The fraction of sp³-hybridized carbons (Fsp3) is 0.300. The van der Waals surface area contributed by atoms with E-state index in [0.29, 0.717) is 29.8 Å².